The van der Waals surface area contributed by atoms with Crippen LogP contribution in [-0.4, -0.2) is 39.9 Å². The molecule has 1 fully saturated rings. The fourth-order valence-corrected chi connectivity index (χ4v) is 5.75. The standard InChI is InChI=1S/C29H33N3O5/c1-4-25(37-21-8-6-5-7-9-21)27-30-26-22-15-10-18(2)31(29(35)36-3)23(22)16-17-24(26)32(27)20-13-11-19(12-14-20)28(33)34/h4-9,16-20H,10-15H2,1-3H3,(H,33,34)/b25-4+/t18-,19-,20-/m0/s1. The average Bonchev–Trinajstić information content (AvgIpc) is 3.31. The summed E-state index contributed by atoms with van der Waals surface area (Å²) in [4.78, 5) is 31.1. The van der Waals surface area contributed by atoms with Gasteiger partial charge in [0.25, 0.3) is 0 Å². The zero-order chi connectivity index (χ0) is 26.1. The van der Waals surface area contributed by atoms with E-state index in [2.05, 4.69) is 4.57 Å². The van der Waals surface area contributed by atoms with E-state index in [1.165, 1.54) is 7.11 Å². The van der Waals surface area contributed by atoms with Gasteiger partial charge in [-0.3, -0.25) is 9.69 Å². The van der Waals surface area contributed by atoms with Crippen LogP contribution in [0.15, 0.2) is 48.5 Å². The van der Waals surface area contributed by atoms with E-state index < -0.39 is 5.97 Å². The van der Waals surface area contributed by atoms with Crippen LogP contribution in [0.5, 0.6) is 5.75 Å². The molecule has 1 amide bonds. The second-order valence-electron chi connectivity index (χ2n) is 9.88. The normalized spacial score (nSPS) is 22.0. The van der Waals surface area contributed by atoms with Crippen molar-refractivity contribution in [3.8, 4) is 5.75 Å². The number of methoxy groups -OCH3 is 1. The summed E-state index contributed by atoms with van der Waals surface area (Å²) in [6, 6.07) is 13.8. The largest absolute Gasteiger partial charge is 0.481 e. The monoisotopic (exact) mass is 503 g/mol. The number of hydrogen-bond acceptors (Lipinski definition) is 5. The highest BCUT2D eigenvalue weighted by Gasteiger charge is 2.34. The molecule has 2 heterocycles. The molecular weight excluding hydrogens is 470 g/mol. The number of benzene rings is 2. The maximum atomic E-state index is 12.6. The molecule has 0 unspecified atom stereocenters. The summed E-state index contributed by atoms with van der Waals surface area (Å²) in [5.41, 5.74) is 3.68. The van der Waals surface area contributed by atoms with Crippen molar-refractivity contribution in [1.29, 1.82) is 0 Å². The van der Waals surface area contributed by atoms with Crippen LogP contribution in [0.1, 0.15) is 63.4 Å². The molecule has 5 rings (SSSR count). The molecule has 0 bridgehead atoms. The van der Waals surface area contributed by atoms with Gasteiger partial charge in [0, 0.05) is 17.6 Å². The van der Waals surface area contributed by atoms with Gasteiger partial charge in [-0.2, -0.15) is 0 Å². The summed E-state index contributed by atoms with van der Waals surface area (Å²) in [5, 5.41) is 9.52. The zero-order valence-corrected chi connectivity index (χ0v) is 21.5. The number of allylic oxidation sites excluding steroid dienone is 1. The molecule has 2 aromatic carbocycles. The average molecular weight is 504 g/mol. The van der Waals surface area contributed by atoms with Gasteiger partial charge in [-0.15, -0.1) is 0 Å². The van der Waals surface area contributed by atoms with E-state index in [0.717, 1.165) is 59.5 Å². The Hall–Kier alpha value is -3.81. The molecule has 37 heavy (non-hydrogen) atoms. The highest BCUT2D eigenvalue weighted by Crippen LogP contribution is 2.41. The van der Waals surface area contributed by atoms with Crippen LogP contribution >= 0.6 is 0 Å². The molecule has 2 aliphatic rings. The Balaban J connectivity index is 1.64. The van der Waals surface area contributed by atoms with Crippen LogP contribution in [-0.2, 0) is 16.0 Å². The van der Waals surface area contributed by atoms with Gasteiger partial charge >= 0.3 is 12.1 Å². The molecule has 1 aliphatic carbocycles. The van der Waals surface area contributed by atoms with Gasteiger partial charge in [0.05, 0.1) is 29.7 Å². The number of nitrogens with zero attached hydrogens (tertiary/aromatic N) is 3. The van der Waals surface area contributed by atoms with Gasteiger partial charge in [-0.05, 0) is 82.7 Å². The maximum Gasteiger partial charge on any atom is 0.414 e. The summed E-state index contributed by atoms with van der Waals surface area (Å²) in [6.45, 7) is 3.96. The third kappa shape index (κ3) is 4.56. The summed E-state index contributed by atoms with van der Waals surface area (Å²) in [5.74, 6) is 1.06. The van der Waals surface area contributed by atoms with Gasteiger partial charge in [-0.25, -0.2) is 9.78 Å². The predicted molar refractivity (Wildman–Crippen MR) is 142 cm³/mol. The molecular formula is C29H33N3O5. The number of rotatable bonds is 5. The van der Waals surface area contributed by atoms with Crippen molar-refractivity contribution in [2.75, 3.05) is 12.0 Å². The lowest BCUT2D eigenvalue weighted by Gasteiger charge is -2.34. The highest BCUT2D eigenvalue weighted by atomic mass is 16.5. The van der Waals surface area contributed by atoms with E-state index in [1.807, 2.05) is 62.4 Å². The molecule has 0 radical (unpaired) electrons. The minimum absolute atomic E-state index is 0.0257. The SMILES string of the molecule is C/C=C(/Oc1ccccc1)c1nc2c3c(ccc2n1[C@H]1CC[C@H](C(=O)O)CC1)N(C(=O)OC)[C@@H](C)CC3. The van der Waals surface area contributed by atoms with E-state index in [-0.39, 0.29) is 24.1 Å². The number of carboxylic acid groups (broad SMARTS) is 1. The first kappa shape index (κ1) is 24.9. The van der Waals surface area contributed by atoms with Crippen LogP contribution in [0, 0.1) is 5.92 Å². The molecule has 1 atom stereocenters. The van der Waals surface area contributed by atoms with E-state index in [4.69, 9.17) is 14.5 Å². The summed E-state index contributed by atoms with van der Waals surface area (Å²) in [6.07, 6.45) is 5.91. The van der Waals surface area contributed by atoms with E-state index in [0.29, 0.717) is 18.6 Å². The van der Waals surface area contributed by atoms with Gasteiger partial charge in [0.2, 0.25) is 0 Å². The molecule has 1 N–H and O–H groups in total. The molecule has 8 heteroatoms. The maximum absolute atomic E-state index is 12.6. The quantitative estimate of drug-likeness (QED) is 0.417. The van der Waals surface area contributed by atoms with Crippen LogP contribution in [0.4, 0.5) is 10.5 Å². The van der Waals surface area contributed by atoms with E-state index in [9.17, 15) is 14.7 Å². The minimum atomic E-state index is -0.721. The van der Waals surface area contributed by atoms with Crippen molar-refractivity contribution in [3.63, 3.8) is 0 Å². The number of carbonyl (C=O) groups is 2. The minimum Gasteiger partial charge on any atom is -0.481 e. The number of aliphatic carboxylic acids is 1. The number of anilines is 1. The molecule has 1 aromatic heterocycles. The molecule has 194 valence electrons. The summed E-state index contributed by atoms with van der Waals surface area (Å²) >= 11 is 0. The van der Waals surface area contributed by atoms with Gasteiger partial charge in [0.1, 0.15) is 5.75 Å². The Morgan fingerprint density at radius 2 is 1.78 bits per heavy atom. The Morgan fingerprint density at radius 1 is 1.05 bits per heavy atom. The van der Waals surface area contributed by atoms with Crippen molar-refractivity contribution >= 4 is 34.5 Å². The summed E-state index contributed by atoms with van der Waals surface area (Å²) in [7, 11) is 1.40. The number of hydrogen-bond donors (Lipinski definition) is 1. The summed E-state index contributed by atoms with van der Waals surface area (Å²) < 4.78 is 13.6. The first-order chi connectivity index (χ1) is 17.9. The molecule has 1 saturated carbocycles. The molecule has 1 aliphatic heterocycles. The smallest absolute Gasteiger partial charge is 0.414 e. The molecule has 0 spiro atoms. The molecule has 0 saturated heterocycles. The number of fused-ring (bicyclic) bond motifs is 3. The number of carbonyl (C=O) groups excluding carboxylic acids is 1. The van der Waals surface area contributed by atoms with Crippen molar-refractivity contribution in [1.82, 2.24) is 9.55 Å². The Labute approximate surface area is 216 Å². The van der Waals surface area contributed by atoms with Crippen molar-refractivity contribution < 1.29 is 24.2 Å². The third-order valence-corrected chi connectivity index (χ3v) is 7.69. The zero-order valence-electron chi connectivity index (χ0n) is 21.5. The third-order valence-electron chi connectivity index (χ3n) is 7.69. The fraction of sp³-hybridized carbons (Fsp3) is 0.414. The molecule has 8 nitrogen and oxygen atoms in total. The van der Waals surface area contributed by atoms with Crippen LogP contribution in [0.25, 0.3) is 16.8 Å². The number of para-hydroxylation sites is 1. The van der Waals surface area contributed by atoms with Crippen molar-refractivity contribution in [2.24, 2.45) is 5.92 Å². The topological polar surface area (TPSA) is 93.9 Å². The number of carboxylic acids is 1. The Bertz CT molecular complexity index is 1340. The predicted octanol–water partition coefficient (Wildman–Crippen LogP) is 6.20. The number of aromatic nitrogens is 2. The highest BCUT2D eigenvalue weighted by molar-refractivity contribution is 5.96. The first-order valence-corrected chi connectivity index (χ1v) is 13.0. The van der Waals surface area contributed by atoms with E-state index >= 15 is 0 Å². The van der Waals surface area contributed by atoms with Crippen LogP contribution in [0.3, 0.4) is 0 Å². The van der Waals surface area contributed by atoms with Crippen molar-refractivity contribution in [3.05, 3.63) is 59.9 Å². The lowest BCUT2D eigenvalue weighted by atomic mass is 9.86. The Kier molecular flexibility index (Phi) is 6.91. The van der Waals surface area contributed by atoms with Gasteiger partial charge < -0.3 is 19.1 Å². The molecule has 3 aromatic rings. The van der Waals surface area contributed by atoms with Crippen LogP contribution < -0.4 is 9.64 Å². The number of ether oxygens (including phenoxy) is 2. The fourth-order valence-electron chi connectivity index (χ4n) is 5.75. The Morgan fingerprint density at radius 3 is 2.43 bits per heavy atom. The number of amides is 1. The second-order valence-corrected chi connectivity index (χ2v) is 9.88. The second kappa shape index (κ2) is 10.3. The van der Waals surface area contributed by atoms with Crippen molar-refractivity contribution in [2.45, 2.75) is 64.5 Å². The number of imidazole rings is 1. The van der Waals surface area contributed by atoms with Gasteiger partial charge in [-0.1, -0.05) is 18.2 Å². The lowest BCUT2D eigenvalue weighted by Crippen LogP contribution is -2.42. The van der Waals surface area contributed by atoms with Gasteiger partial charge in [0.15, 0.2) is 11.6 Å². The lowest BCUT2D eigenvalue weighted by molar-refractivity contribution is -0.143. The number of aryl methyl sites for hydroxylation is 1. The van der Waals surface area contributed by atoms with Crippen LogP contribution in [0.2, 0.25) is 0 Å². The van der Waals surface area contributed by atoms with E-state index in [1.54, 1.807) is 4.90 Å². The first-order valence-electron chi connectivity index (χ1n) is 13.0.